The van der Waals surface area contributed by atoms with Crippen LogP contribution in [0, 0.1) is 6.92 Å². The van der Waals surface area contributed by atoms with E-state index in [1.54, 1.807) is 23.7 Å². The molecule has 25 heavy (non-hydrogen) atoms. The van der Waals surface area contributed by atoms with Gasteiger partial charge in [-0.15, -0.1) is 11.3 Å². The SMILES string of the molecule is COc1cc(C(=O)OCc2cc(=O)n3ccsc3n2)cc(OC)c1C. The van der Waals surface area contributed by atoms with E-state index in [9.17, 15) is 9.59 Å². The van der Waals surface area contributed by atoms with Crippen molar-refractivity contribution in [3.8, 4) is 11.5 Å². The maximum absolute atomic E-state index is 12.3. The largest absolute Gasteiger partial charge is 0.496 e. The molecule has 1 aromatic carbocycles. The van der Waals surface area contributed by atoms with Crippen molar-refractivity contribution in [2.45, 2.75) is 13.5 Å². The fourth-order valence-electron chi connectivity index (χ4n) is 2.39. The van der Waals surface area contributed by atoms with Gasteiger partial charge in [-0.05, 0) is 19.1 Å². The number of rotatable bonds is 5. The van der Waals surface area contributed by atoms with Gasteiger partial charge in [0.2, 0.25) is 0 Å². The second-order valence-corrected chi connectivity index (χ2v) is 6.10. The second-order valence-electron chi connectivity index (χ2n) is 5.22. The van der Waals surface area contributed by atoms with Crippen molar-refractivity contribution in [3.63, 3.8) is 0 Å². The van der Waals surface area contributed by atoms with Crippen molar-refractivity contribution in [2.75, 3.05) is 14.2 Å². The lowest BCUT2D eigenvalue weighted by atomic mass is 10.1. The monoisotopic (exact) mass is 360 g/mol. The molecule has 0 N–H and O–H groups in total. The third kappa shape index (κ3) is 3.34. The average molecular weight is 360 g/mol. The van der Waals surface area contributed by atoms with Crippen LogP contribution in [0.5, 0.6) is 11.5 Å². The van der Waals surface area contributed by atoms with Crippen LogP contribution in [-0.2, 0) is 11.3 Å². The van der Waals surface area contributed by atoms with E-state index in [2.05, 4.69) is 4.98 Å². The molecule has 0 aliphatic carbocycles. The Balaban J connectivity index is 1.81. The first-order valence-corrected chi connectivity index (χ1v) is 8.27. The zero-order valence-corrected chi connectivity index (χ0v) is 14.8. The number of hydrogen-bond acceptors (Lipinski definition) is 7. The van der Waals surface area contributed by atoms with E-state index < -0.39 is 5.97 Å². The van der Waals surface area contributed by atoms with Gasteiger partial charge in [0.25, 0.3) is 5.56 Å². The number of esters is 1. The summed E-state index contributed by atoms with van der Waals surface area (Å²) in [5.41, 5.74) is 1.27. The Bertz CT molecular complexity index is 967. The Hall–Kier alpha value is -2.87. The Morgan fingerprint density at radius 3 is 2.52 bits per heavy atom. The van der Waals surface area contributed by atoms with Crippen LogP contribution in [0.4, 0.5) is 0 Å². The van der Waals surface area contributed by atoms with Crippen LogP contribution in [0.15, 0.2) is 34.6 Å². The molecule has 2 heterocycles. The number of methoxy groups -OCH3 is 2. The molecule has 0 aliphatic heterocycles. The van der Waals surface area contributed by atoms with Crippen LogP contribution in [0.25, 0.3) is 4.96 Å². The lowest BCUT2D eigenvalue weighted by Crippen LogP contribution is -2.14. The number of benzene rings is 1. The van der Waals surface area contributed by atoms with Crippen molar-refractivity contribution >= 4 is 22.3 Å². The molecular weight excluding hydrogens is 344 g/mol. The highest BCUT2D eigenvalue weighted by Crippen LogP contribution is 2.29. The Morgan fingerprint density at radius 2 is 1.88 bits per heavy atom. The van der Waals surface area contributed by atoms with E-state index in [-0.39, 0.29) is 12.2 Å². The summed E-state index contributed by atoms with van der Waals surface area (Å²) in [4.78, 5) is 29.1. The van der Waals surface area contributed by atoms with Crippen LogP contribution in [0.1, 0.15) is 21.6 Å². The fourth-order valence-corrected chi connectivity index (χ4v) is 3.13. The molecule has 8 heteroatoms. The quantitative estimate of drug-likeness (QED) is 0.650. The van der Waals surface area contributed by atoms with Crippen LogP contribution >= 0.6 is 11.3 Å². The third-order valence-corrected chi connectivity index (χ3v) is 4.45. The summed E-state index contributed by atoms with van der Waals surface area (Å²) < 4.78 is 17.2. The Morgan fingerprint density at radius 1 is 1.20 bits per heavy atom. The van der Waals surface area contributed by atoms with E-state index in [0.29, 0.717) is 27.7 Å². The minimum absolute atomic E-state index is 0.0962. The number of aromatic nitrogens is 2. The lowest BCUT2D eigenvalue weighted by Gasteiger charge is -2.12. The number of nitrogens with zero attached hydrogens (tertiary/aromatic N) is 2. The second kappa shape index (κ2) is 6.94. The number of fused-ring (bicyclic) bond motifs is 1. The molecule has 0 saturated carbocycles. The first kappa shape index (κ1) is 17.0. The summed E-state index contributed by atoms with van der Waals surface area (Å²) in [5.74, 6) is 0.509. The van der Waals surface area contributed by atoms with Gasteiger partial charge >= 0.3 is 5.97 Å². The van der Waals surface area contributed by atoms with Gasteiger partial charge in [-0.1, -0.05) is 0 Å². The Labute approximate surface area is 147 Å². The average Bonchev–Trinajstić information content (AvgIpc) is 3.09. The Kier molecular flexibility index (Phi) is 4.71. The van der Waals surface area contributed by atoms with Gasteiger partial charge < -0.3 is 14.2 Å². The number of hydrogen-bond donors (Lipinski definition) is 0. The van der Waals surface area contributed by atoms with Gasteiger partial charge in [0.1, 0.15) is 18.1 Å². The topological polar surface area (TPSA) is 79.1 Å². The molecular formula is C17H16N2O5S. The number of ether oxygens (including phenoxy) is 3. The molecule has 0 amide bonds. The number of carbonyl (C=O) groups is 1. The standard InChI is InChI=1S/C17H16N2O5S/c1-10-13(22-2)6-11(7-14(10)23-3)16(21)24-9-12-8-15(20)19-4-5-25-17(19)18-12/h4-8H,9H2,1-3H3. The zero-order valence-electron chi connectivity index (χ0n) is 13.9. The summed E-state index contributed by atoms with van der Waals surface area (Å²) in [5, 5.41) is 1.77. The molecule has 130 valence electrons. The highest BCUT2D eigenvalue weighted by Gasteiger charge is 2.15. The van der Waals surface area contributed by atoms with Crippen LogP contribution in [-0.4, -0.2) is 29.6 Å². The smallest absolute Gasteiger partial charge is 0.338 e. The molecule has 0 bridgehead atoms. The summed E-state index contributed by atoms with van der Waals surface area (Å²) in [6.07, 6.45) is 1.65. The molecule has 7 nitrogen and oxygen atoms in total. The van der Waals surface area contributed by atoms with Crippen molar-refractivity contribution in [2.24, 2.45) is 0 Å². The first-order chi connectivity index (χ1) is 12.0. The molecule has 0 atom stereocenters. The highest BCUT2D eigenvalue weighted by atomic mass is 32.1. The van der Waals surface area contributed by atoms with Gasteiger partial charge in [0.15, 0.2) is 4.96 Å². The van der Waals surface area contributed by atoms with Crippen molar-refractivity contribution in [1.29, 1.82) is 0 Å². The van der Waals surface area contributed by atoms with Gasteiger partial charge in [0, 0.05) is 23.2 Å². The molecule has 2 aromatic heterocycles. The van der Waals surface area contributed by atoms with Gasteiger partial charge in [0.05, 0.1) is 25.5 Å². The first-order valence-electron chi connectivity index (χ1n) is 7.39. The molecule has 3 rings (SSSR count). The van der Waals surface area contributed by atoms with E-state index in [1.165, 1.54) is 36.0 Å². The summed E-state index contributed by atoms with van der Waals surface area (Å²) in [6.45, 7) is 1.74. The molecule has 0 aliphatic rings. The summed E-state index contributed by atoms with van der Waals surface area (Å²) in [7, 11) is 3.04. The molecule has 0 fully saturated rings. The van der Waals surface area contributed by atoms with E-state index in [4.69, 9.17) is 14.2 Å². The third-order valence-electron chi connectivity index (χ3n) is 3.70. The van der Waals surface area contributed by atoms with Crippen LogP contribution in [0.3, 0.4) is 0 Å². The summed E-state index contributed by atoms with van der Waals surface area (Å²) in [6, 6.07) is 4.53. The van der Waals surface area contributed by atoms with Gasteiger partial charge in [-0.3, -0.25) is 9.20 Å². The van der Waals surface area contributed by atoms with Crippen LogP contribution < -0.4 is 15.0 Å². The maximum atomic E-state index is 12.3. The van der Waals surface area contributed by atoms with Gasteiger partial charge in [-0.25, -0.2) is 9.78 Å². The molecule has 0 radical (unpaired) electrons. The van der Waals surface area contributed by atoms with Gasteiger partial charge in [-0.2, -0.15) is 0 Å². The predicted octanol–water partition coefficient (Wildman–Crippen LogP) is 2.44. The molecule has 3 aromatic rings. The van der Waals surface area contributed by atoms with E-state index in [0.717, 1.165) is 5.56 Å². The molecule has 0 saturated heterocycles. The highest BCUT2D eigenvalue weighted by molar-refractivity contribution is 7.15. The maximum Gasteiger partial charge on any atom is 0.338 e. The van der Waals surface area contributed by atoms with Crippen LogP contribution in [0.2, 0.25) is 0 Å². The minimum Gasteiger partial charge on any atom is -0.496 e. The van der Waals surface area contributed by atoms with Crippen molar-refractivity contribution in [3.05, 3.63) is 57.0 Å². The molecule has 0 unspecified atom stereocenters. The predicted molar refractivity (Wildman–Crippen MR) is 92.7 cm³/mol. The lowest BCUT2D eigenvalue weighted by molar-refractivity contribution is 0.0467. The number of carbonyl (C=O) groups excluding carboxylic acids is 1. The van der Waals surface area contributed by atoms with Crippen molar-refractivity contribution in [1.82, 2.24) is 9.38 Å². The summed E-state index contributed by atoms with van der Waals surface area (Å²) >= 11 is 1.34. The van der Waals surface area contributed by atoms with E-state index >= 15 is 0 Å². The fraction of sp³-hybridized carbons (Fsp3) is 0.235. The minimum atomic E-state index is -0.551. The van der Waals surface area contributed by atoms with Crippen molar-refractivity contribution < 1.29 is 19.0 Å². The number of thiazole rings is 1. The zero-order chi connectivity index (χ0) is 18.0. The van der Waals surface area contributed by atoms with E-state index in [1.807, 2.05) is 6.92 Å². The normalized spacial score (nSPS) is 10.7. The molecule has 0 spiro atoms.